The van der Waals surface area contributed by atoms with Crippen molar-refractivity contribution < 1.29 is 17.9 Å². The zero-order chi connectivity index (χ0) is 20.2. The first-order valence-electron chi connectivity index (χ1n) is 8.29. The number of amides is 1. The second kappa shape index (κ2) is 8.29. The number of rotatable bonds is 6. The van der Waals surface area contributed by atoms with Gasteiger partial charge in [0.15, 0.2) is 6.61 Å². The fourth-order valence-electron chi connectivity index (χ4n) is 2.32. The van der Waals surface area contributed by atoms with Crippen LogP contribution in [0.2, 0.25) is 5.02 Å². The van der Waals surface area contributed by atoms with Gasteiger partial charge in [-0.05, 0) is 69.7 Å². The van der Waals surface area contributed by atoms with Crippen molar-refractivity contribution in [2.45, 2.75) is 38.1 Å². The Balaban J connectivity index is 2.04. The first kappa shape index (κ1) is 21.2. The Hall–Kier alpha value is -2.09. The van der Waals surface area contributed by atoms with E-state index < -0.39 is 21.5 Å². The number of ether oxygens (including phenoxy) is 1. The van der Waals surface area contributed by atoms with Crippen molar-refractivity contribution in [1.29, 1.82) is 0 Å². The lowest BCUT2D eigenvalue weighted by Gasteiger charge is -2.20. The van der Waals surface area contributed by atoms with Gasteiger partial charge in [0, 0.05) is 16.2 Å². The highest BCUT2D eigenvalue weighted by Crippen LogP contribution is 2.22. The molecule has 6 nitrogen and oxygen atoms in total. The molecule has 0 saturated heterocycles. The van der Waals surface area contributed by atoms with E-state index in [2.05, 4.69) is 10.0 Å². The lowest BCUT2D eigenvalue weighted by Crippen LogP contribution is -2.40. The zero-order valence-corrected chi connectivity index (χ0v) is 17.2. The Kier molecular flexibility index (Phi) is 6.51. The molecule has 2 aromatic rings. The van der Waals surface area contributed by atoms with Crippen LogP contribution in [0.15, 0.2) is 47.4 Å². The molecule has 0 atom stereocenters. The molecule has 2 rings (SSSR count). The zero-order valence-electron chi connectivity index (χ0n) is 15.7. The second-order valence-electron chi connectivity index (χ2n) is 7.13. The highest BCUT2D eigenvalue weighted by atomic mass is 35.5. The van der Waals surface area contributed by atoms with Crippen LogP contribution in [0.25, 0.3) is 0 Å². The van der Waals surface area contributed by atoms with E-state index >= 15 is 0 Å². The summed E-state index contributed by atoms with van der Waals surface area (Å²) < 4.78 is 32.9. The van der Waals surface area contributed by atoms with Crippen LogP contribution in [0.5, 0.6) is 5.75 Å². The summed E-state index contributed by atoms with van der Waals surface area (Å²) in [5.74, 6) is 0.155. The van der Waals surface area contributed by atoms with Gasteiger partial charge in [0.1, 0.15) is 5.75 Å². The van der Waals surface area contributed by atoms with E-state index in [1.807, 2.05) is 6.92 Å². The van der Waals surface area contributed by atoms with Crippen LogP contribution in [0, 0.1) is 6.92 Å². The minimum atomic E-state index is -3.69. The Morgan fingerprint density at radius 1 is 1.15 bits per heavy atom. The molecule has 0 heterocycles. The molecule has 0 aliphatic heterocycles. The van der Waals surface area contributed by atoms with Crippen molar-refractivity contribution in [3.63, 3.8) is 0 Å². The fourth-order valence-corrected chi connectivity index (χ4v) is 4.01. The first-order valence-corrected chi connectivity index (χ1v) is 10.2. The maximum atomic E-state index is 12.4. The average Bonchev–Trinajstić information content (AvgIpc) is 2.52. The standard InChI is InChI=1S/C19H23ClN2O4S/c1-13-10-14(20)8-9-17(13)26-12-18(23)21-15-6-5-7-16(11-15)27(24,25)22-19(2,3)4/h5-11,22H,12H2,1-4H3,(H,21,23). The molecule has 0 bridgehead atoms. The molecule has 2 aromatic carbocycles. The molecule has 0 aromatic heterocycles. The SMILES string of the molecule is Cc1cc(Cl)ccc1OCC(=O)Nc1cccc(S(=O)(=O)NC(C)(C)C)c1. The van der Waals surface area contributed by atoms with Gasteiger partial charge in [0.2, 0.25) is 10.0 Å². The number of hydrogen-bond donors (Lipinski definition) is 2. The summed E-state index contributed by atoms with van der Waals surface area (Å²) in [7, 11) is -3.69. The van der Waals surface area contributed by atoms with Gasteiger partial charge in [0.05, 0.1) is 4.90 Å². The Bertz CT molecular complexity index is 937. The van der Waals surface area contributed by atoms with Crippen LogP contribution in [-0.4, -0.2) is 26.5 Å². The predicted octanol–water partition coefficient (Wildman–Crippen LogP) is 3.74. The number of hydrogen-bond acceptors (Lipinski definition) is 4. The highest BCUT2D eigenvalue weighted by Gasteiger charge is 2.22. The first-order chi connectivity index (χ1) is 12.5. The summed E-state index contributed by atoms with van der Waals surface area (Å²) in [5, 5.41) is 3.23. The van der Waals surface area contributed by atoms with E-state index in [0.717, 1.165) is 5.56 Å². The molecule has 0 aliphatic carbocycles. The molecule has 0 spiro atoms. The van der Waals surface area contributed by atoms with E-state index in [0.29, 0.717) is 16.5 Å². The fraction of sp³-hybridized carbons (Fsp3) is 0.316. The lowest BCUT2D eigenvalue weighted by molar-refractivity contribution is -0.118. The van der Waals surface area contributed by atoms with Crippen LogP contribution in [0.3, 0.4) is 0 Å². The number of benzene rings is 2. The van der Waals surface area contributed by atoms with E-state index in [1.54, 1.807) is 51.1 Å². The van der Waals surface area contributed by atoms with Gasteiger partial charge in [0.25, 0.3) is 5.91 Å². The summed E-state index contributed by atoms with van der Waals surface area (Å²) in [5.41, 5.74) is 0.576. The van der Waals surface area contributed by atoms with E-state index in [1.165, 1.54) is 12.1 Å². The molecule has 2 N–H and O–H groups in total. The number of sulfonamides is 1. The summed E-state index contributed by atoms with van der Waals surface area (Å²) >= 11 is 5.89. The number of anilines is 1. The molecule has 0 saturated carbocycles. The van der Waals surface area contributed by atoms with Gasteiger partial charge in [-0.15, -0.1) is 0 Å². The van der Waals surface area contributed by atoms with Crippen molar-refractivity contribution in [3.8, 4) is 5.75 Å². The van der Waals surface area contributed by atoms with Gasteiger partial charge < -0.3 is 10.1 Å². The van der Waals surface area contributed by atoms with Crippen molar-refractivity contribution in [2.75, 3.05) is 11.9 Å². The van der Waals surface area contributed by atoms with E-state index in [4.69, 9.17) is 16.3 Å². The molecule has 8 heteroatoms. The normalized spacial score (nSPS) is 11.9. The van der Waals surface area contributed by atoms with Gasteiger partial charge >= 0.3 is 0 Å². The predicted molar refractivity (Wildman–Crippen MR) is 107 cm³/mol. The van der Waals surface area contributed by atoms with Crippen LogP contribution in [-0.2, 0) is 14.8 Å². The summed E-state index contributed by atoms with van der Waals surface area (Å²) in [4.78, 5) is 12.2. The van der Waals surface area contributed by atoms with E-state index in [9.17, 15) is 13.2 Å². The summed E-state index contributed by atoms with van der Waals surface area (Å²) in [6.07, 6.45) is 0. The molecule has 146 valence electrons. The van der Waals surface area contributed by atoms with Crippen molar-refractivity contribution in [1.82, 2.24) is 4.72 Å². The van der Waals surface area contributed by atoms with Gasteiger partial charge in [-0.2, -0.15) is 0 Å². The molecule has 1 amide bonds. The Morgan fingerprint density at radius 3 is 2.48 bits per heavy atom. The number of aryl methyl sites for hydroxylation is 1. The van der Waals surface area contributed by atoms with E-state index in [-0.39, 0.29) is 11.5 Å². The molecule has 0 unspecified atom stereocenters. The Labute approximate surface area is 164 Å². The third kappa shape index (κ3) is 6.53. The van der Waals surface area contributed by atoms with Crippen LogP contribution in [0.1, 0.15) is 26.3 Å². The smallest absolute Gasteiger partial charge is 0.262 e. The second-order valence-corrected chi connectivity index (χ2v) is 9.25. The average molecular weight is 411 g/mol. The summed E-state index contributed by atoms with van der Waals surface area (Å²) in [6, 6.07) is 11.2. The molecule has 27 heavy (non-hydrogen) atoms. The minimum absolute atomic E-state index is 0.0738. The number of carbonyl (C=O) groups excluding carboxylic acids is 1. The monoisotopic (exact) mass is 410 g/mol. The topological polar surface area (TPSA) is 84.5 Å². The number of carbonyl (C=O) groups is 1. The molecule has 0 aliphatic rings. The molecule has 0 radical (unpaired) electrons. The summed E-state index contributed by atoms with van der Waals surface area (Å²) in [6.45, 7) is 6.89. The number of nitrogens with one attached hydrogen (secondary N) is 2. The third-order valence-electron chi connectivity index (χ3n) is 3.36. The van der Waals surface area contributed by atoms with Gasteiger partial charge in [-0.3, -0.25) is 4.79 Å². The van der Waals surface area contributed by atoms with Crippen molar-refractivity contribution >= 4 is 33.2 Å². The quantitative estimate of drug-likeness (QED) is 0.759. The largest absolute Gasteiger partial charge is 0.483 e. The van der Waals surface area contributed by atoms with Crippen molar-refractivity contribution in [3.05, 3.63) is 53.1 Å². The lowest BCUT2D eigenvalue weighted by atomic mass is 10.1. The van der Waals surface area contributed by atoms with Crippen molar-refractivity contribution in [2.24, 2.45) is 0 Å². The maximum absolute atomic E-state index is 12.4. The maximum Gasteiger partial charge on any atom is 0.262 e. The van der Waals surface area contributed by atoms with Gasteiger partial charge in [-0.1, -0.05) is 17.7 Å². The van der Waals surface area contributed by atoms with Gasteiger partial charge in [-0.25, -0.2) is 13.1 Å². The highest BCUT2D eigenvalue weighted by molar-refractivity contribution is 7.89. The molecular weight excluding hydrogens is 388 g/mol. The van der Waals surface area contributed by atoms with Crippen LogP contribution < -0.4 is 14.8 Å². The minimum Gasteiger partial charge on any atom is -0.483 e. The Morgan fingerprint density at radius 2 is 1.85 bits per heavy atom. The third-order valence-corrected chi connectivity index (χ3v) is 5.36. The number of halogens is 1. The van der Waals surface area contributed by atoms with Crippen LogP contribution in [0.4, 0.5) is 5.69 Å². The molecule has 0 fully saturated rings. The van der Waals surface area contributed by atoms with Crippen LogP contribution >= 0.6 is 11.6 Å². The molecular formula is C19H23ClN2O4S.